The van der Waals surface area contributed by atoms with Crippen molar-refractivity contribution in [1.29, 1.82) is 0 Å². The number of rotatable bonds is 2. The first-order valence-corrected chi connectivity index (χ1v) is 3.51. The molecular formula is C8H7F2NO2. The number of nitrogens with zero attached hydrogens (tertiary/aromatic N) is 1. The highest BCUT2D eigenvalue weighted by atomic mass is 19.2. The van der Waals surface area contributed by atoms with Crippen molar-refractivity contribution in [3.8, 4) is 0 Å². The fourth-order valence-corrected chi connectivity index (χ4v) is 0.773. The molecule has 0 spiro atoms. The third kappa shape index (κ3) is 2.47. The summed E-state index contributed by atoms with van der Waals surface area (Å²) in [5.74, 6) is -2.78. The molecule has 1 aromatic rings. The van der Waals surface area contributed by atoms with Gasteiger partial charge in [-0.1, -0.05) is 0 Å². The Morgan fingerprint density at radius 3 is 2.77 bits per heavy atom. The van der Waals surface area contributed by atoms with Crippen LogP contribution in [0.25, 0.3) is 0 Å². The highest BCUT2D eigenvalue weighted by Crippen LogP contribution is 2.04. The summed E-state index contributed by atoms with van der Waals surface area (Å²) >= 11 is 0. The lowest BCUT2D eigenvalue weighted by Gasteiger charge is -1.99. The molecule has 0 aliphatic carbocycles. The fourth-order valence-electron chi connectivity index (χ4n) is 0.773. The Bertz CT molecular complexity index is 328. The molecule has 0 fully saturated rings. The van der Waals surface area contributed by atoms with Crippen molar-refractivity contribution in [2.24, 2.45) is 0 Å². The molecule has 0 unspecified atom stereocenters. The minimum Gasteiger partial charge on any atom is -0.469 e. The van der Waals surface area contributed by atoms with Gasteiger partial charge >= 0.3 is 5.97 Å². The van der Waals surface area contributed by atoms with Crippen LogP contribution >= 0.6 is 0 Å². The summed E-state index contributed by atoms with van der Waals surface area (Å²) in [7, 11) is 1.21. The topological polar surface area (TPSA) is 39.2 Å². The van der Waals surface area contributed by atoms with Crippen LogP contribution in [0.1, 0.15) is 5.69 Å². The van der Waals surface area contributed by atoms with Crippen molar-refractivity contribution in [2.45, 2.75) is 6.42 Å². The van der Waals surface area contributed by atoms with E-state index in [-0.39, 0.29) is 12.1 Å². The largest absolute Gasteiger partial charge is 0.469 e. The van der Waals surface area contributed by atoms with Gasteiger partial charge in [0.05, 0.1) is 19.2 Å². The number of ether oxygens (including phenoxy) is 1. The molecule has 0 saturated heterocycles. The standard InChI is InChI=1S/C8H7F2NO2/c1-13-7(12)4-5-2-3-6(9)8(10)11-5/h2-3H,4H2,1H3. The summed E-state index contributed by atoms with van der Waals surface area (Å²) < 4.78 is 29.2. The highest BCUT2D eigenvalue weighted by molar-refractivity contribution is 5.71. The quantitative estimate of drug-likeness (QED) is 0.513. The van der Waals surface area contributed by atoms with E-state index in [9.17, 15) is 13.6 Å². The molecule has 70 valence electrons. The Labute approximate surface area is 73.4 Å². The van der Waals surface area contributed by atoms with Gasteiger partial charge in [-0.05, 0) is 12.1 Å². The van der Waals surface area contributed by atoms with Crippen molar-refractivity contribution in [3.05, 3.63) is 29.6 Å². The van der Waals surface area contributed by atoms with Gasteiger partial charge < -0.3 is 4.74 Å². The lowest BCUT2D eigenvalue weighted by atomic mass is 10.3. The number of halogens is 2. The molecule has 5 heteroatoms. The molecule has 0 amide bonds. The number of pyridine rings is 1. The van der Waals surface area contributed by atoms with Gasteiger partial charge in [-0.3, -0.25) is 4.79 Å². The molecule has 0 radical (unpaired) electrons. The summed E-state index contributed by atoms with van der Waals surface area (Å²) in [6.45, 7) is 0. The second-order valence-electron chi connectivity index (χ2n) is 2.33. The normalized spacial score (nSPS) is 9.77. The van der Waals surface area contributed by atoms with Crippen LogP contribution in [0.15, 0.2) is 12.1 Å². The first-order valence-electron chi connectivity index (χ1n) is 3.51. The summed E-state index contributed by atoms with van der Waals surface area (Å²) in [6.07, 6.45) is -0.159. The van der Waals surface area contributed by atoms with E-state index in [4.69, 9.17) is 0 Å². The van der Waals surface area contributed by atoms with Crippen molar-refractivity contribution < 1.29 is 18.3 Å². The summed E-state index contributed by atoms with van der Waals surface area (Å²) in [5.41, 5.74) is 0.144. The molecule has 1 heterocycles. The average Bonchev–Trinajstić information content (AvgIpc) is 2.11. The van der Waals surface area contributed by atoms with Crippen LogP contribution in [0.3, 0.4) is 0 Å². The number of aromatic nitrogens is 1. The monoisotopic (exact) mass is 187 g/mol. The van der Waals surface area contributed by atoms with Crippen molar-refractivity contribution in [2.75, 3.05) is 7.11 Å². The summed E-state index contributed by atoms with van der Waals surface area (Å²) in [4.78, 5) is 13.9. The zero-order chi connectivity index (χ0) is 9.84. The Morgan fingerprint density at radius 1 is 1.54 bits per heavy atom. The van der Waals surface area contributed by atoms with Crippen LogP contribution in [-0.2, 0) is 16.0 Å². The number of esters is 1. The van der Waals surface area contributed by atoms with Crippen LogP contribution in [0.2, 0.25) is 0 Å². The van der Waals surface area contributed by atoms with Crippen LogP contribution in [0.5, 0.6) is 0 Å². The van der Waals surface area contributed by atoms with E-state index >= 15 is 0 Å². The Balaban J connectivity index is 2.79. The van der Waals surface area contributed by atoms with Crippen LogP contribution in [-0.4, -0.2) is 18.1 Å². The molecule has 13 heavy (non-hydrogen) atoms. The molecule has 0 N–H and O–H groups in total. The van der Waals surface area contributed by atoms with Crippen LogP contribution < -0.4 is 0 Å². The maximum absolute atomic E-state index is 12.5. The molecule has 1 aromatic heterocycles. The van der Waals surface area contributed by atoms with E-state index < -0.39 is 17.7 Å². The minimum atomic E-state index is -1.21. The van der Waals surface area contributed by atoms with Gasteiger partial charge in [-0.25, -0.2) is 9.37 Å². The van der Waals surface area contributed by atoms with Crippen molar-refractivity contribution >= 4 is 5.97 Å². The van der Waals surface area contributed by atoms with E-state index in [0.717, 1.165) is 6.07 Å². The van der Waals surface area contributed by atoms with Gasteiger partial charge in [0.2, 0.25) is 5.95 Å². The van der Waals surface area contributed by atoms with E-state index in [2.05, 4.69) is 9.72 Å². The smallest absolute Gasteiger partial charge is 0.311 e. The van der Waals surface area contributed by atoms with Gasteiger partial charge in [-0.2, -0.15) is 4.39 Å². The zero-order valence-corrected chi connectivity index (χ0v) is 6.88. The van der Waals surface area contributed by atoms with Crippen LogP contribution in [0.4, 0.5) is 8.78 Å². The number of methoxy groups -OCH3 is 1. The predicted octanol–water partition coefficient (Wildman–Crippen LogP) is 1.08. The first-order chi connectivity index (χ1) is 6.13. The number of carbonyl (C=O) groups excluding carboxylic acids is 1. The maximum Gasteiger partial charge on any atom is 0.311 e. The minimum absolute atomic E-state index is 0.144. The van der Waals surface area contributed by atoms with E-state index in [0.29, 0.717) is 0 Å². The molecule has 0 atom stereocenters. The second kappa shape index (κ2) is 3.93. The summed E-state index contributed by atoms with van der Waals surface area (Å²) in [5, 5.41) is 0. The molecule has 0 aromatic carbocycles. The van der Waals surface area contributed by atoms with E-state index in [1.165, 1.54) is 13.2 Å². The Kier molecular flexibility index (Phi) is 2.89. The van der Waals surface area contributed by atoms with Gasteiger partial charge in [0, 0.05) is 0 Å². The molecule has 0 saturated carbocycles. The van der Waals surface area contributed by atoms with E-state index in [1.54, 1.807) is 0 Å². The van der Waals surface area contributed by atoms with Crippen molar-refractivity contribution in [1.82, 2.24) is 4.98 Å². The third-order valence-electron chi connectivity index (χ3n) is 1.41. The molecule has 1 rings (SSSR count). The number of hydrogen-bond donors (Lipinski definition) is 0. The Hall–Kier alpha value is -1.52. The number of hydrogen-bond acceptors (Lipinski definition) is 3. The summed E-state index contributed by atoms with van der Waals surface area (Å²) in [6, 6.07) is 2.15. The van der Waals surface area contributed by atoms with Gasteiger partial charge in [0.15, 0.2) is 5.82 Å². The maximum atomic E-state index is 12.5. The lowest BCUT2D eigenvalue weighted by Crippen LogP contribution is -2.07. The first kappa shape index (κ1) is 9.57. The molecular weight excluding hydrogens is 180 g/mol. The molecule has 3 nitrogen and oxygen atoms in total. The lowest BCUT2D eigenvalue weighted by molar-refractivity contribution is -0.139. The van der Waals surface area contributed by atoms with Gasteiger partial charge in [0.25, 0.3) is 0 Å². The average molecular weight is 187 g/mol. The van der Waals surface area contributed by atoms with Gasteiger partial charge in [0.1, 0.15) is 0 Å². The second-order valence-corrected chi connectivity index (χ2v) is 2.33. The van der Waals surface area contributed by atoms with Crippen LogP contribution in [0, 0.1) is 11.8 Å². The third-order valence-corrected chi connectivity index (χ3v) is 1.41. The molecule has 0 aliphatic heterocycles. The number of carbonyl (C=O) groups is 1. The highest BCUT2D eigenvalue weighted by Gasteiger charge is 2.07. The fraction of sp³-hybridized carbons (Fsp3) is 0.250. The van der Waals surface area contributed by atoms with Gasteiger partial charge in [-0.15, -0.1) is 0 Å². The predicted molar refractivity (Wildman–Crippen MR) is 39.9 cm³/mol. The SMILES string of the molecule is COC(=O)Cc1ccc(F)c(F)n1. The zero-order valence-electron chi connectivity index (χ0n) is 6.88. The van der Waals surface area contributed by atoms with Crippen molar-refractivity contribution in [3.63, 3.8) is 0 Å². The molecule has 0 bridgehead atoms. The Morgan fingerprint density at radius 2 is 2.23 bits per heavy atom. The van der Waals surface area contributed by atoms with E-state index in [1.807, 2.05) is 0 Å². The molecule has 0 aliphatic rings.